The standard InChI is InChI=1S/C14H13BrClN3O2/c15-10-1-2-11-12(3-10)17-8-19(14(11)21)7-9-5-18(6-9)13(20)4-16/h1-3,8-9H,4-7H2. The van der Waals surface area contributed by atoms with Crippen LogP contribution in [0.5, 0.6) is 0 Å². The maximum atomic E-state index is 12.4. The van der Waals surface area contributed by atoms with E-state index in [1.54, 1.807) is 21.9 Å². The van der Waals surface area contributed by atoms with Gasteiger partial charge < -0.3 is 4.90 Å². The number of benzene rings is 1. The molecule has 21 heavy (non-hydrogen) atoms. The van der Waals surface area contributed by atoms with Gasteiger partial charge >= 0.3 is 0 Å². The Kier molecular flexibility index (Phi) is 3.99. The fourth-order valence-electron chi connectivity index (χ4n) is 2.51. The predicted octanol–water partition coefficient (Wildman–Crippen LogP) is 1.86. The van der Waals surface area contributed by atoms with E-state index in [1.165, 1.54) is 0 Å². The first kappa shape index (κ1) is 14.5. The Labute approximate surface area is 134 Å². The molecule has 0 saturated carbocycles. The maximum absolute atomic E-state index is 12.4. The Morgan fingerprint density at radius 2 is 2.19 bits per heavy atom. The summed E-state index contributed by atoms with van der Waals surface area (Å²) in [5, 5.41) is 0.605. The summed E-state index contributed by atoms with van der Waals surface area (Å²) < 4.78 is 2.51. The lowest BCUT2D eigenvalue weighted by Gasteiger charge is -2.39. The lowest BCUT2D eigenvalue weighted by atomic mass is 10.00. The number of fused-ring (bicyclic) bond motifs is 1. The Bertz CT molecular complexity index is 755. The van der Waals surface area contributed by atoms with E-state index in [0.29, 0.717) is 30.5 Å². The number of amides is 1. The molecule has 5 nitrogen and oxygen atoms in total. The maximum Gasteiger partial charge on any atom is 0.261 e. The zero-order valence-electron chi connectivity index (χ0n) is 11.1. The Morgan fingerprint density at radius 1 is 1.43 bits per heavy atom. The first-order valence-electron chi connectivity index (χ1n) is 6.57. The third-order valence-corrected chi connectivity index (χ3v) is 4.39. The topological polar surface area (TPSA) is 55.2 Å². The lowest BCUT2D eigenvalue weighted by molar-refractivity contribution is -0.134. The minimum atomic E-state index is -0.0539. The summed E-state index contributed by atoms with van der Waals surface area (Å²) in [4.78, 5) is 29.8. The predicted molar refractivity (Wildman–Crippen MR) is 84.5 cm³/mol. The van der Waals surface area contributed by atoms with Crippen molar-refractivity contribution in [3.8, 4) is 0 Å². The second kappa shape index (κ2) is 5.77. The Morgan fingerprint density at radius 3 is 2.90 bits per heavy atom. The molecule has 2 aromatic rings. The molecule has 0 aliphatic carbocycles. The third-order valence-electron chi connectivity index (χ3n) is 3.67. The average Bonchev–Trinajstić information content (AvgIpc) is 2.43. The molecule has 1 fully saturated rings. The van der Waals surface area contributed by atoms with Gasteiger partial charge in [-0.3, -0.25) is 14.2 Å². The summed E-state index contributed by atoms with van der Waals surface area (Å²) in [6.45, 7) is 1.87. The van der Waals surface area contributed by atoms with Gasteiger partial charge in [-0.05, 0) is 18.2 Å². The first-order chi connectivity index (χ1) is 10.1. The summed E-state index contributed by atoms with van der Waals surface area (Å²) in [7, 11) is 0. The molecule has 1 aliphatic rings. The van der Waals surface area contributed by atoms with Crippen molar-refractivity contribution in [2.45, 2.75) is 6.54 Å². The molecule has 0 radical (unpaired) electrons. The fraction of sp³-hybridized carbons (Fsp3) is 0.357. The molecular weight excluding hydrogens is 358 g/mol. The lowest BCUT2D eigenvalue weighted by Crippen LogP contribution is -2.52. The number of rotatable bonds is 3. The van der Waals surface area contributed by atoms with Crippen molar-refractivity contribution < 1.29 is 4.79 Å². The molecule has 1 aromatic carbocycles. The number of carbonyl (C=O) groups excluding carboxylic acids is 1. The van der Waals surface area contributed by atoms with Gasteiger partial charge in [0.2, 0.25) is 5.91 Å². The monoisotopic (exact) mass is 369 g/mol. The van der Waals surface area contributed by atoms with Crippen molar-refractivity contribution in [3.63, 3.8) is 0 Å². The van der Waals surface area contributed by atoms with Crippen LogP contribution in [0.4, 0.5) is 0 Å². The van der Waals surface area contributed by atoms with Gasteiger partial charge in [0.1, 0.15) is 5.88 Å². The first-order valence-corrected chi connectivity index (χ1v) is 7.89. The van der Waals surface area contributed by atoms with Crippen molar-refractivity contribution >= 4 is 44.3 Å². The van der Waals surface area contributed by atoms with E-state index in [1.807, 2.05) is 12.1 Å². The molecule has 1 aliphatic heterocycles. The van der Waals surface area contributed by atoms with Crippen LogP contribution < -0.4 is 5.56 Å². The van der Waals surface area contributed by atoms with Crippen molar-refractivity contribution in [1.82, 2.24) is 14.5 Å². The van der Waals surface area contributed by atoms with Crippen LogP contribution in [0.2, 0.25) is 0 Å². The molecule has 1 amide bonds. The number of carbonyl (C=O) groups is 1. The summed E-state index contributed by atoms with van der Waals surface area (Å²) in [6.07, 6.45) is 1.57. The van der Waals surface area contributed by atoms with Crippen molar-refractivity contribution in [3.05, 3.63) is 39.4 Å². The van der Waals surface area contributed by atoms with Gasteiger partial charge in [-0.15, -0.1) is 11.6 Å². The van der Waals surface area contributed by atoms with E-state index in [-0.39, 0.29) is 23.3 Å². The molecule has 0 unspecified atom stereocenters. The average molecular weight is 371 g/mol. The van der Waals surface area contributed by atoms with Crippen LogP contribution in [-0.4, -0.2) is 39.3 Å². The highest BCUT2D eigenvalue weighted by Gasteiger charge is 2.30. The SMILES string of the molecule is O=C(CCl)N1CC(Cn2cnc3cc(Br)ccc3c2=O)C1. The van der Waals surface area contributed by atoms with E-state index in [4.69, 9.17) is 11.6 Å². The second-order valence-electron chi connectivity index (χ2n) is 5.16. The van der Waals surface area contributed by atoms with Gasteiger partial charge in [-0.2, -0.15) is 0 Å². The molecule has 7 heteroatoms. The highest BCUT2D eigenvalue weighted by atomic mass is 79.9. The van der Waals surface area contributed by atoms with Crippen LogP contribution in [-0.2, 0) is 11.3 Å². The van der Waals surface area contributed by atoms with E-state index < -0.39 is 0 Å². The Balaban J connectivity index is 1.77. The van der Waals surface area contributed by atoms with Crippen LogP contribution in [0.15, 0.2) is 33.8 Å². The van der Waals surface area contributed by atoms with E-state index >= 15 is 0 Å². The Hall–Kier alpha value is -1.40. The minimum Gasteiger partial charge on any atom is -0.341 e. The van der Waals surface area contributed by atoms with Gasteiger partial charge in [0.15, 0.2) is 0 Å². The number of likely N-dealkylation sites (tertiary alicyclic amines) is 1. The van der Waals surface area contributed by atoms with Crippen LogP contribution in [0.3, 0.4) is 0 Å². The zero-order valence-corrected chi connectivity index (χ0v) is 13.5. The van der Waals surface area contributed by atoms with Crippen molar-refractivity contribution in [1.29, 1.82) is 0 Å². The van der Waals surface area contributed by atoms with Gasteiger partial charge in [0.25, 0.3) is 5.56 Å². The van der Waals surface area contributed by atoms with Crippen LogP contribution >= 0.6 is 27.5 Å². The van der Waals surface area contributed by atoms with E-state index in [0.717, 1.165) is 4.47 Å². The highest BCUT2D eigenvalue weighted by Crippen LogP contribution is 2.18. The van der Waals surface area contributed by atoms with E-state index in [2.05, 4.69) is 20.9 Å². The van der Waals surface area contributed by atoms with Gasteiger partial charge in [0.05, 0.1) is 17.2 Å². The number of aromatic nitrogens is 2. The molecule has 0 bridgehead atoms. The van der Waals surface area contributed by atoms with Crippen LogP contribution in [0.1, 0.15) is 0 Å². The number of hydrogen-bond acceptors (Lipinski definition) is 3. The third kappa shape index (κ3) is 2.82. The summed E-state index contributed by atoms with van der Waals surface area (Å²) in [5.74, 6) is 0.241. The van der Waals surface area contributed by atoms with Gasteiger partial charge in [-0.1, -0.05) is 15.9 Å². The molecule has 0 N–H and O–H groups in total. The molecule has 0 atom stereocenters. The van der Waals surface area contributed by atoms with Crippen LogP contribution in [0.25, 0.3) is 10.9 Å². The highest BCUT2D eigenvalue weighted by molar-refractivity contribution is 9.10. The zero-order chi connectivity index (χ0) is 15.0. The second-order valence-corrected chi connectivity index (χ2v) is 6.34. The number of hydrogen-bond donors (Lipinski definition) is 0. The molecule has 2 heterocycles. The number of halogens is 2. The van der Waals surface area contributed by atoms with E-state index in [9.17, 15) is 9.59 Å². The smallest absolute Gasteiger partial charge is 0.261 e. The van der Waals surface area contributed by atoms with Gasteiger partial charge in [0, 0.05) is 30.0 Å². The molecule has 3 rings (SSSR count). The quantitative estimate of drug-likeness (QED) is 0.775. The molecule has 110 valence electrons. The minimum absolute atomic E-state index is 0.0130. The molecule has 1 saturated heterocycles. The number of alkyl halides is 1. The van der Waals surface area contributed by atoms with Gasteiger partial charge in [-0.25, -0.2) is 4.98 Å². The molecular formula is C14H13BrClN3O2. The summed E-state index contributed by atoms with van der Waals surface area (Å²) >= 11 is 8.88. The normalized spacial score (nSPS) is 15.2. The van der Waals surface area contributed by atoms with Crippen LogP contribution in [0, 0.1) is 5.92 Å². The van der Waals surface area contributed by atoms with Crippen molar-refractivity contribution in [2.24, 2.45) is 5.92 Å². The fourth-order valence-corrected chi connectivity index (χ4v) is 3.03. The molecule has 0 spiro atoms. The summed E-state index contributed by atoms with van der Waals surface area (Å²) in [5.41, 5.74) is 0.632. The largest absolute Gasteiger partial charge is 0.341 e. The number of nitrogens with zero attached hydrogens (tertiary/aromatic N) is 3. The molecule has 1 aromatic heterocycles. The summed E-state index contributed by atoms with van der Waals surface area (Å²) in [6, 6.07) is 5.43. The van der Waals surface area contributed by atoms with Crippen molar-refractivity contribution in [2.75, 3.05) is 19.0 Å².